The van der Waals surface area contributed by atoms with E-state index >= 15 is 0 Å². The zero-order valence-electron chi connectivity index (χ0n) is 21.1. The third-order valence-electron chi connectivity index (χ3n) is 6.35. The molecule has 6 rings (SSSR count). The van der Waals surface area contributed by atoms with Crippen LogP contribution in [0.4, 0.5) is 11.4 Å². The van der Waals surface area contributed by atoms with Gasteiger partial charge in [0.25, 0.3) is 17.5 Å². The molecule has 0 spiro atoms. The monoisotopic (exact) mass is 561 g/mol. The number of rotatable bonds is 6. The fourth-order valence-electron chi connectivity index (χ4n) is 4.45. The number of nitro benzene ring substituents is 1. The van der Waals surface area contributed by atoms with Gasteiger partial charge in [-0.2, -0.15) is 0 Å². The predicted molar refractivity (Wildman–Crippen MR) is 156 cm³/mol. The first-order valence-electron chi connectivity index (χ1n) is 12.4. The number of para-hydroxylation sites is 1. The highest BCUT2D eigenvalue weighted by Crippen LogP contribution is 2.30. The molecule has 1 aliphatic heterocycles. The van der Waals surface area contributed by atoms with Crippen molar-refractivity contribution >= 4 is 52.1 Å². The molecule has 1 saturated heterocycles. The Morgan fingerprint density at radius 3 is 2.39 bits per heavy atom. The Bertz CT molecular complexity index is 1880. The van der Waals surface area contributed by atoms with Gasteiger partial charge in [-0.25, -0.2) is 4.98 Å². The topological polar surface area (TPSA) is 119 Å². The van der Waals surface area contributed by atoms with Crippen molar-refractivity contribution in [3.8, 4) is 22.9 Å². The Morgan fingerprint density at radius 2 is 1.63 bits per heavy atom. The Balaban J connectivity index is 1.36. The number of nitro groups is 1. The van der Waals surface area contributed by atoms with Gasteiger partial charge in [-0.3, -0.25) is 34.3 Å². The molecule has 0 atom stereocenters. The summed E-state index contributed by atoms with van der Waals surface area (Å²) in [6.07, 6.45) is 3.15. The molecule has 0 saturated carbocycles. The number of fused-ring (bicyclic) bond motifs is 1. The van der Waals surface area contributed by atoms with Crippen molar-refractivity contribution in [1.82, 2.24) is 14.7 Å². The lowest BCUT2D eigenvalue weighted by atomic mass is 10.1. The molecule has 10 nitrogen and oxygen atoms in total. The highest BCUT2D eigenvalue weighted by molar-refractivity contribution is 7.80. The summed E-state index contributed by atoms with van der Waals surface area (Å²) in [4.78, 5) is 43.3. The average molecular weight is 562 g/mol. The van der Waals surface area contributed by atoms with Gasteiger partial charge in [-0.15, -0.1) is 0 Å². The van der Waals surface area contributed by atoms with E-state index in [1.807, 2.05) is 30.3 Å². The molecular weight excluding hydrogens is 542 g/mol. The van der Waals surface area contributed by atoms with Crippen LogP contribution in [0.15, 0.2) is 109 Å². The number of hydrogen-bond acceptors (Lipinski definition) is 7. The molecule has 2 aromatic heterocycles. The first-order valence-corrected chi connectivity index (χ1v) is 12.8. The number of benzene rings is 3. The average Bonchev–Trinajstić information content (AvgIpc) is 3.35. The zero-order valence-corrected chi connectivity index (χ0v) is 21.9. The second kappa shape index (κ2) is 10.5. The maximum atomic E-state index is 13.6. The van der Waals surface area contributed by atoms with Gasteiger partial charge in [0.2, 0.25) is 0 Å². The van der Waals surface area contributed by atoms with Crippen LogP contribution in [0, 0.1) is 10.1 Å². The molecule has 1 N–H and O–H groups in total. The molecule has 11 heteroatoms. The van der Waals surface area contributed by atoms with Crippen LogP contribution in [0.5, 0.6) is 11.5 Å². The molecule has 0 radical (unpaired) electrons. The summed E-state index contributed by atoms with van der Waals surface area (Å²) < 4.78 is 7.57. The van der Waals surface area contributed by atoms with Crippen LogP contribution in [-0.2, 0) is 9.59 Å². The lowest BCUT2D eigenvalue weighted by Crippen LogP contribution is -2.54. The number of ether oxygens (including phenoxy) is 1. The first kappa shape index (κ1) is 25.6. The number of nitrogens with one attached hydrogen (secondary N) is 1. The summed E-state index contributed by atoms with van der Waals surface area (Å²) in [6, 6.07) is 27.5. The highest BCUT2D eigenvalue weighted by atomic mass is 32.1. The third kappa shape index (κ3) is 4.92. The summed E-state index contributed by atoms with van der Waals surface area (Å²) in [5.41, 5.74) is 1.64. The number of anilines is 1. The van der Waals surface area contributed by atoms with Gasteiger partial charge < -0.3 is 4.74 Å². The normalized spacial score (nSPS) is 14.4. The zero-order chi connectivity index (χ0) is 28.5. The van der Waals surface area contributed by atoms with Gasteiger partial charge in [0.1, 0.15) is 22.9 Å². The minimum atomic E-state index is -0.658. The molecule has 5 aromatic rings. The second-order valence-corrected chi connectivity index (χ2v) is 9.34. The van der Waals surface area contributed by atoms with E-state index in [9.17, 15) is 19.7 Å². The van der Waals surface area contributed by atoms with E-state index in [2.05, 4.69) is 10.3 Å². The summed E-state index contributed by atoms with van der Waals surface area (Å²) in [6.45, 7) is 0. The number of imidazole rings is 1. The standard InChI is InChI=1S/C30H19N5O5S/c36-28-24(18-25-26-11-4-5-16-33(26)27(31-25)19-7-6-8-21(17-19)35(38)39)29(37)34(30(41)32-28)20-12-14-23(15-13-20)40-22-9-2-1-3-10-22/h1-18H,(H,32,36,41)/b24-18+. The minimum absolute atomic E-state index is 0.0548. The van der Waals surface area contributed by atoms with Gasteiger partial charge in [0, 0.05) is 23.9 Å². The third-order valence-corrected chi connectivity index (χ3v) is 6.63. The molecule has 41 heavy (non-hydrogen) atoms. The minimum Gasteiger partial charge on any atom is -0.457 e. The Morgan fingerprint density at radius 1 is 0.902 bits per heavy atom. The van der Waals surface area contributed by atoms with Crippen LogP contribution in [-0.4, -0.2) is 31.2 Å². The van der Waals surface area contributed by atoms with Crippen LogP contribution >= 0.6 is 12.2 Å². The fourth-order valence-corrected chi connectivity index (χ4v) is 4.73. The van der Waals surface area contributed by atoms with E-state index in [-0.39, 0.29) is 16.4 Å². The SMILES string of the molecule is O=C1NC(=S)N(c2ccc(Oc3ccccc3)cc2)C(=O)/C1=C/c1nc(-c2cccc([N+](=O)[O-])c2)n2ccccc12. The predicted octanol–water partition coefficient (Wildman–Crippen LogP) is 5.53. The van der Waals surface area contributed by atoms with Crippen molar-refractivity contribution in [2.45, 2.75) is 0 Å². The van der Waals surface area contributed by atoms with Crippen molar-refractivity contribution in [1.29, 1.82) is 0 Å². The number of nitrogens with zero attached hydrogens (tertiary/aromatic N) is 4. The van der Waals surface area contributed by atoms with E-state index in [0.29, 0.717) is 39.8 Å². The Labute approximate surface area is 238 Å². The Hall–Kier alpha value is -5.68. The van der Waals surface area contributed by atoms with Gasteiger partial charge >= 0.3 is 0 Å². The number of aromatic nitrogens is 2. The molecule has 2 amide bonds. The van der Waals surface area contributed by atoms with E-state index in [1.165, 1.54) is 23.1 Å². The highest BCUT2D eigenvalue weighted by Gasteiger charge is 2.35. The fraction of sp³-hybridized carbons (Fsp3) is 0. The van der Waals surface area contributed by atoms with E-state index in [0.717, 1.165) is 0 Å². The van der Waals surface area contributed by atoms with E-state index in [4.69, 9.17) is 17.0 Å². The number of carbonyl (C=O) groups is 2. The van der Waals surface area contributed by atoms with Crippen LogP contribution in [0.2, 0.25) is 0 Å². The summed E-state index contributed by atoms with van der Waals surface area (Å²) in [5.74, 6) is 0.368. The van der Waals surface area contributed by atoms with Crippen molar-refractivity contribution in [3.63, 3.8) is 0 Å². The molecule has 0 unspecified atom stereocenters. The number of thiocarbonyl (C=S) groups is 1. The largest absolute Gasteiger partial charge is 0.457 e. The van der Waals surface area contributed by atoms with Gasteiger partial charge in [-0.1, -0.05) is 36.4 Å². The van der Waals surface area contributed by atoms with Crippen molar-refractivity contribution in [2.75, 3.05) is 4.90 Å². The van der Waals surface area contributed by atoms with Crippen LogP contribution < -0.4 is 15.0 Å². The summed E-state index contributed by atoms with van der Waals surface area (Å²) in [5, 5.41) is 13.9. The van der Waals surface area contributed by atoms with E-state index in [1.54, 1.807) is 65.2 Å². The molecule has 3 aromatic carbocycles. The van der Waals surface area contributed by atoms with Crippen LogP contribution in [0.1, 0.15) is 5.69 Å². The Kier molecular flexibility index (Phi) is 6.54. The molecule has 200 valence electrons. The first-order chi connectivity index (χ1) is 19.9. The second-order valence-electron chi connectivity index (χ2n) is 8.95. The number of amides is 2. The van der Waals surface area contributed by atoms with Crippen LogP contribution in [0.3, 0.4) is 0 Å². The molecule has 0 aliphatic carbocycles. The quantitative estimate of drug-likeness (QED) is 0.0951. The number of pyridine rings is 1. The summed E-state index contributed by atoms with van der Waals surface area (Å²) in [7, 11) is 0. The van der Waals surface area contributed by atoms with Gasteiger partial charge in [0.05, 0.1) is 21.8 Å². The molecule has 1 aliphatic rings. The molecular formula is C30H19N5O5S. The van der Waals surface area contributed by atoms with Crippen molar-refractivity contribution in [2.24, 2.45) is 0 Å². The van der Waals surface area contributed by atoms with Crippen molar-refractivity contribution in [3.05, 3.63) is 125 Å². The van der Waals surface area contributed by atoms with Crippen LogP contribution in [0.25, 0.3) is 23.0 Å². The number of carbonyl (C=O) groups excluding carboxylic acids is 2. The van der Waals surface area contributed by atoms with Gasteiger partial charge in [-0.05, 0) is 66.8 Å². The number of hydrogen-bond donors (Lipinski definition) is 1. The maximum Gasteiger partial charge on any atom is 0.270 e. The maximum absolute atomic E-state index is 13.6. The lowest BCUT2D eigenvalue weighted by Gasteiger charge is -2.28. The molecule has 0 bridgehead atoms. The smallest absolute Gasteiger partial charge is 0.270 e. The van der Waals surface area contributed by atoms with E-state index < -0.39 is 16.7 Å². The number of non-ortho nitro benzene ring substituents is 1. The van der Waals surface area contributed by atoms with Crippen molar-refractivity contribution < 1.29 is 19.2 Å². The lowest BCUT2D eigenvalue weighted by molar-refractivity contribution is -0.384. The summed E-state index contributed by atoms with van der Waals surface area (Å²) >= 11 is 5.34. The molecule has 3 heterocycles. The molecule has 1 fully saturated rings. The van der Waals surface area contributed by atoms with Gasteiger partial charge in [0.15, 0.2) is 5.11 Å².